The molecule has 4 fully saturated rings. The molecule has 25 heavy (non-hydrogen) atoms. The number of carbonyl (C=O) groups excluding carboxylic acids is 1. The van der Waals surface area contributed by atoms with E-state index in [1.807, 2.05) is 13.0 Å². The molecule has 0 spiro atoms. The van der Waals surface area contributed by atoms with Gasteiger partial charge in [0.25, 0.3) is 0 Å². The summed E-state index contributed by atoms with van der Waals surface area (Å²) in [5.41, 5.74) is 1.68. The summed E-state index contributed by atoms with van der Waals surface area (Å²) in [5, 5.41) is 15.4. The Hall–Kier alpha value is -1.86. The van der Waals surface area contributed by atoms with Gasteiger partial charge in [0.2, 0.25) is 5.91 Å². The fourth-order valence-corrected chi connectivity index (χ4v) is 5.89. The third kappa shape index (κ3) is 3.43. The molecule has 0 radical (unpaired) electrons. The SMILES string of the molecule is C[C@H](NCC12CC3CC(CC(C3)C1)C2)C(=O)Nc1cccc(C#N)c1. The van der Waals surface area contributed by atoms with Crippen LogP contribution in [0.4, 0.5) is 5.69 Å². The lowest BCUT2D eigenvalue weighted by Crippen LogP contribution is -2.52. The minimum Gasteiger partial charge on any atom is -0.325 e. The smallest absolute Gasteiger partial charge is 0.241 e. The summed E-state index contributed by atoms with van der Waals surface area (Å²) in [6, 6.07) is 8.95. The van der Waals surface area contributed by atoms with Crippen LogP contribution in [-0.2, 0) is 4.79 Å². The number of hydrogen-bond donors (Lipinski definition) is 2. The highest BCUT2D eigenvalue weighted by Gasteiger charge is 2.50. The Bertz CT molecular complexity index is 670. The van der Waals surface area contributed by atoms with Crippen LogP contribution in [0, 0.1) is 34.5 Å². The molecular weight excluding hydrogens is 310 g/mol. The van der Waals surface area contributed by atoms with Gasteiger partial charge in [-0.25, -0.2) is 0 Å². The largest absolute Gasteiger partial charge is 0.325 e. The maximum Gasteiger partial charge on any atom is 0.241 e. The maximum atomic E-state index is 12.5. The van der Waals surface area contributed by atoms with Gasteiger partial charge in [0.15, 0.2) is 0 Å². The third-order valence-electron chi connectivity index (χ3n) is 6.60. The Morgan fingerprint density at radius 3 is 2.48 bits per heavy atom. The second-order valence-corrected chi connectivity index (χ2v) is 8.70. The molecule has 1 atom stereocenters. The van der Waals surface area contributed by atoms with Crippen molar-refractivity contribution < 1.29 is 4.79 Å². The Morgan fingerprint density at radius 2 is 1.88 bits per heavy atom. The summed E-state index contributed by atoms with van der Waals surface area (Å²) in [5.74, 6) is 2.78. The highest BCUT2D eigenvalue weighted by molar-refractivity contribution is 5.94. The highest BCUT2D eigenvalue weighted by atomic mass is 16.2. The molecule has 1 aromatic rings. The Labute approximate surface area is 150 Å². The zero-order chi connectivity index (χ0) is 17.4. The van der Waals surface area contributed by atoms with Crippen molar-refractivity contribution in [3.63, 3.8) is 0 Å². The molecule has 0 heterocycles. The maximum absolute atomic E-state index is 12.5. The van der Waals surface area contributed by atoms with Gasteiger partial charge < -0.3 is 10.6 Å². The van der Waals surface area contributed by atoms with Gasteiger partial charge in [-0.1, -0.05) is 6.07 Å². The highest BCUT2D eigenvalue weighted by Crippen LogP contribution is 2.59. The van der Waals surface area contributed by atoms with Crippen molar-refractivity contribution in [1.29, 1.82) is 5.26 Å². The lowest BCUT2D eigenvalue weighted by atomic mass is 9.49. The van der Waals surface area contributed by atoms with Gasteiger partial charge in [-0.3, -0.25) is 4.79 Å². The van der Waals surface area contributed by atoms with Gasteiger partial charge >= 0.3 is 0 Å². The molecule has 0 aromatic heterocycles. The fourth-order valence-electron chi connectivity index (χ4n) is 5.89. The van der Waals surface area contributed by atoms with Crippen LogP contribution in [0.3, 0.4) is 0 Å². The number of amides is 1. The second-order valence-electron chi connectivity index (χ2n) is 8.70. The van der Waals surface area contributed by atoms with Crippen LogP contribution in [0.1, 0.15) is 51.0 Å². The first-order valence-electron chi connectivity index (χ1n) is 9.60. The summed E-state index contributed by atoms with van der Waals surface area (Å²) >= 11 is 0. The van der Waals surface area contributed by atoms with Crippen LogP contribution in [0.25, 0.3) is 0 Å². The Morgan fingerprint density at radius 1 is 1.24 bits per heavy atom. The monoisotopic (exact) mass is 337 g/mol. The quantitative estimate of drug-likeness (QED) is 0.861. The number of benzene rings is 1. The van der Waals surface area contributed by atoms with E-state index in [1.165, 1.54) is 38.5 Å². The van der Waals surface area contributed by atoms with Crippen LogP contribution < -0.4 is 10.6 Å². The molecule has 0 unspecified atom stereocenters. The van der Waals surface area contributed by atoms with Crippen LogP contribution in [0.5, 0.6) is 0 Å². The van der Waals surface area contributed by atoms with Crippen molar-refractivity contribution in [2.45, 2.75) is 51.5 Å². The number of nitriles is 1. The van der Waals surface area contributed by atoms with Crippen molar-refractivity contribution >= 4 is 11.6 Å². The fraction of sp³-hybridized carbons (Fsp3) is 0.619. The van der Waals surface area contributed by atoms with E-state index < -0.39 is 0 Å². The summed E-state index contributed by atoms with van der Waals surface area (Å²) in [7, 11) is 0. The van der Waals surface area contributed by atoms with E-state index in [1.54, 1.807) is 18.2 Å². The van der Waals surface area contributed by atoms with Gasteiger partial charge in [0.05, 0.1) is 17.7 Å². The molecular formula is C21H27N3O. The number of anilines is 1. The van der Waals surface area contributed by atoms with E-state index >= 15 is 0 Å². The van der Waals surface area contributed by atoms with Crippen molar-refractivity contribution in [3.8, 4) is 6.07 Å². The third-order valence-corrected chi connectivity index (χ3v) is 6.60. The topological polar surface area (TPSA) is 64.9 Å². The zero-order valence-corrected chi connectivity index (χ0v) is 14.9. The first-order chi connectivity index (χ1) is 12.0. The second kappa shape index (κ2) is 6.46. The molecule has 1 amide bonds. The average molecular weight is 337 g/mol. The summed E-state index contributed by atoms with van der Waals surface area (Å²) in [4.78, 5) is 12.5. The van der Waals surface area contributed by atoms with Gasteiger partial charge in [-0.15, -0.1) is 0 Å². The van der Waals surface area contributed by atoms with Gasteiger partial charge in [0.1, 0.15) is 0 Å². The van der Waals surface area contributed by atoms with Crippen LogP contribution in [-0.4, -0.2) is 18.5 Å². The number of hydrogen-bond acceptors (Lipinski definition) is 3. The van der Waals surface area contributed by atoms with E-state index in [-0.39, 0.29) is 11.9 Å². The minimum absolute atomic E-state index is 0.0279. The van der Waals surface area contributed by atoms with Crippen molar-refractivity contribution in [2.24, 2.45) is 23.2 Å². The molecule has 132 valence electrons. The first-order valence-corrected chi connectivity index (χ1v) is 9.60. The summed E-state index contributed by atoms with van der Waals surface area (Å²) in [6.45, 7) is 2.90. The van der Waals surface area contributed by atoms with E-state index in [0.717, 1.165) is 24.3 Å². The predicted molar refractivity (Wildman–Crippen MR) is 97.9 cm³/mol. The Balaban J connectivity index is 1.33. The number of nitrogens with one attached hydrogen (secondary N) is 2. The molecule has 0 saturated heterocycles. The van der Waals surface area contributed by atoms with E-state index in [0.29, 0.717) is 16.7 Å². The molecule has 4 heteroatoms. The average Bonchev–Trinajstić information content (AvgIpc) is 2.58. The number of carbonyl (C=O) groups is 1. The molecule has 4 aliphatic rings. The van der Waals surface area contributed by atoms with Crippen LogP contribution in [0.15, 0.2) is 24.3 Å². The van der Waals surface area contributed by atoms with Crippen molar-refractivity contribution in [1.82, 2.24) is 5.32 Å². The summed E-state index contributed by atoms with van der Waals surface area (Å²) in [6.07, 6.45) is 8.40. The normalized spacial score (nSPS) is 33.7. The molecule has 4 aliphatic carbocycles. The van der Waals surface area contributed by atoms with E-state index in [4.69, 9.17) is 5.26 Å². The molecule has 5 rings (SSSR count). The molecule has 1 aromatic carbocycles. The zero-order valence-electron chi connectivity index (χ0n) is 14.9. The molecule has 4 nitrogen and oxygen atoms in total. The number of rotatable bonds is 5. The van der Waals surface area contributed by atoms with E-state index in [2.05, 4.69) is 16.7 Å². The van der Waals surface area contributed by atoms with Gasteiger partial charge in [-0.05, 0) is 86.8 Å². The first kappa shape index (κ1) is 16.6. The standard InChI is InChI=1S/C21H27N3O/c1-14(20(25)24-19-4-2-3-15(8-19)12-22)23-13-21-9-16-5-17(10-21)7-18(6-16)11-21/h2-4,8,14,16-18,23H,5-7,9-11,13H2,1H3,(H,24,25)/t14-,16?,17?,18?,21?/m0/s1. The molecule has 0 aliphatic heterocycles. The van der Waals surface area contributed by atoms with Gasteiger partial charge in [-0.2, -0.15) is 5.26 Å². The molecule has 4 bridgehead atoms. The Kier molecular flexibility index (Phi) is 4.29. The van der Waals surface area contributed by atoms with Crippen molar-refractivity contribution in [3.05, 3.63) is 29.8 Å². The van der Waals surface area contributed by atoms with Gasteiger partial charge in [0, 0.05) is 12.2 Å². The molecule has 2 N–H and O–H groups in total. The molecule has 4 saturated carbocycles. The lowest BCUT2D eigenvalue weighted by molar-refractivity contribution is -0.118. The van der Waals surface area contributed by atoms with Crippen molar-refractivity contribution in [2.75, 3.05) is 11.9 Å². The lowest BCUT2D eigenvalue weighted by Gasteiger charge is -2.57. The minimum atomic E-state index is -0.223. The predicted octanol–water partition coefficient (Wildman–Crippen LogP) is 3.69. The van der Waals surface area contributed by atoms with Crippen LogP contribution >= 0.6 is 0 Å². The van der Waals surface area contributed by atoms with E-state index in [9.17, 15) is 4.79 Å². The van der Waals surface area contributed by atoms with Crippen LogP contribution in [0.2, 0.25) is 0 Å². The summed E-state index contributed by atoms with van der Waals surface area (Å²) < 4.78 is 0. The number of nitrogens with zero attached hydrogens (tertiary/aromatic N) is 1.